The third kappa shape index (κ3) is 3.56. The van der Waals surface area contributed by atoms with E-state index in [0.29, 0.717) is 17.7 Å². The molecule has 25 heavy (non-hydrogen) atoms. The summed E-state index contributed by atoms with van der Waals surface area (Å²) in [6.07, 6.45) is 0.735. The Morgan fingerprint density at radius 3 is 2.80 bits per heavy atom. The van der Waals surface area contributed by atoms with Crippen molar-refractivity contribution >= 4 is 27.6 Å². The molecule has 0 spiro atoms. The largest absolute Gasteiger partial charge is 0.462 e. The van der Waals surface area contributed by atoms with E-state index in [-0.39, 0.29) is 23.2 Å². The Balaban J connectivity index is 1.98. The van der Waals surface area contributed by atoms with Gasteiger partial charge < -0.3 is 10.1 Å². The van der Waals surface area contributed by atoms with Gasteiger partial charge in [0.2, 0.25) is 0 Å². The Bertz CT molecular complexity index is 819. The molecule has 132 valence electrons. The monoisotopic (exact) mass is 405 g/mol. The van der Waals surface area contributed by atoms with Crippen LogP contribution < -0.4 is 5.32 Å². The second-order valence-electron chi connectivity index (χ2n) is 7.00. The van der Waals surface area contributed by atoms with Crippen LogP contribution in [0.25, 0.3) is 0 Å². The fourth-order valence-electron chi connectivity index (χ4n) is 3.40. The molecule has 1 atom stereocenters. The zero-order valence-corrected chi connectivity index (χ0v) is 16.1. The summed E-state index contributed by atoms with van der Waals surface area (Å²) in [4.78, 5) is 12.0. The summed E-state index contributed by atoms with van der Waals surface area (Å²) < 4.78 is 20.3. The molecule has 0 saturated heterocycles. The van der Waals surface area contributed by atoms with Crippen LogP contribution in [0.3, 0.4) is 0 Å². The molecule has 1 unspecified atom stereocenters. The van der Waals surface area contributed by atoms with Gasteiger partial charge in [0.05, 0.1) is 18.2 Å². The average molecular weight is 406 g/mol. The smallest absolute Gasteiger partial charge is 0.338 e. The van der Waals surface area contributed by atoms with Gasteiger partial charge in [0, 0.05) is 15.7 Å². The van der Waals surface area contributed by atoms with Crippen molar-refractivity contribution in [3.05, 3.63) is 63.4 Å². The summed E-state index contributed by atoms with van der Waals surface area (Å²) in [5.74, 6) is -0.538. The maximum Gasteiger partial charge on any atom is 0.338 e. The number of carbonyl (C=O) groups is 1. The highest BCUT2D eigenvalue weighted by Gasteiger charge is 2.37. The molecule has 2 aromatic carbocycles. The highest BCUT2D eigenvalue weighted by Crippen LogP contribution is 2.46. The van der Waals surface area contributed by atoms with Crippen LogP contribution >= 0.6 is 15.9 Å². The molecule has 0 radical (unpaired) electrons. The summed E-state index contributed by atoms with van der Waals surface area (Å²) in [5, 5.41) is 3.46. The van der Waals surface area contributed by atoms with Crippen LogP contribution in [0.5, 0.6) is 0 Å². The van der Waals surface area contributed by atoms with Crippen LogP contribution in [0.2, 0.25) is 0 Å². The van der Waals surface area contributed by atoms with E-state index < -0.39 is 0 Å². The van der Waals surface area contributed by atoms with Crippen LogP contribution in [-0.2, 0) is 11.2 Å². The number of hydrogen-bond acceptors (Lipinski definition) is 3. The van der Waals surface area contributed by atoms with Crippen LogP contribution in [0.15, 0.2) is 40.9 Å². The number of halogens is 2. The summed E-state index contributed by atoms with van der Waals surface area (Å²) in [6, 6.07) is 10.3. The molecular weight excluding hydrogens is 385 g/mol. The van der Waals surface area contributed by atoms with E-state index in [0.717, 1.165) is 22.1 Å². The molecule has 0 amide bonds. The molecule has 0 aromatic heterocycles. The van der Waals surface area contributed by atoms with Gasteiger partial charge in [-0.15, -0.1) is 0 Å². The van der Waals surface area contributed by atoms with Gasteiger partial charge in [-0.3, -0.25) is 0 Å². The molecule has 0 aliphatic carbocycles. The fraction of sp³-hybridized carbons (Fsp3) is 0.350. The number of benzene rings is 2. The van der Waals surface area contributed by atoms with Gasteiger partial charge in [-0.05, 0) is 60.7 Å². The van der Waals surface area contributed by atoms with Crippen LogP contribution in [-0.4, -0.2) is 12.6 Å². The molecule has 1 aliphatic heterocycles. The van der Waals surface area contributed by atoms with Crippen molar-refractivity contribution in [1.29, 1.82) is 0 Å². The zero-order chi connectivity index (χ0) is 18.2. The molecule has 0 bridgehead atoms. The summed E-state index contributed by atoms with van der Waals surface area (Å²) in [7, 11) is 0. The lowest BCUT2D eigenvalue weighted by molar-refractivity contribution is 0.0526. The highest BCUT2D eigenvalue weighted by atomic mass is 79.9. The first-order valence-corrected chi connectivity index (χ1v) is 9.12. The van der Waals surface area contributed by atoms with Gasteiger partial charge >= 0.3 is 5.97 Å². The molecule has 1 heterocycles. The molecule has 0 saturated carbocycles. The highest BCUT2D eigenvalue weighted by molar-refractivity contribution is 9.10. The number of ether oxygens (including phenoxy) is 1. The predicted molar refractivity (Wildman–Crippen MR) is 100 cm³/mol. The molecule has 1 N–H and O–H groups in total. The molecule has 0 fully saturated rings. The Kier molecular flexibility index (Phi) is 4.87. The van der Waals surface area contributed by atoms with Crippen molar-refractivity contribution in [3.63, 3.8) is 0 Å². The van der Waals surface area contributed by atoms with Crippen molar-refractivity contribution in [2.24, 2.45) is 5.41 Å². The van der Waals surface area contributed by atoms with Gasteiger partial charge in [0.1, 0.15) is 5.82 Å². The van der Waals surface area contributed by atoms with Crippen molar-refractivity contribution in [2.75, 3.05) is 11.9 Å². The van der Waals surface area contributed by atoms with E-state index in [4.69, 9.17) is 4.74 Å². The standard InChI is InChI=1S/C20H21BrFNO2/c1-4-25-19(24)12-5-8-17-13(9-12)11-20(2,3)18(23-17)15-10-14(21)6-7-16(15)22/h5-10,18,23H,4,11H2,1-3H3. The SMILES string of the molecule is CCOC(=O)c1ccc2c(c1)CC(C)(C)C(c1cc(Br)ccc1F)N2. The molecule has 5 heteroatoms. The van der Waals surface area contributed by atoms with Crippen LogP contribution in [0.4, 0.5) is 10.1 Å². The Morgan fingerprint density at radius 2 is 2.08 bits per heavy atom. The Morgan fingerprint density at radius 1 is 1.32 bits per heavy atom. The first-order chi connectivity index (χ1) is 11.8. The average Bonchev–Trinajstić information content (AvgIpc) is 2.55. The summed E-state index contributed by atoms with van der Waals surface area (Å²) >= 11 is 3.43. The van der Waals surface area contributed by atoms with Crippen molar-refractivity contribution < 1.29 is 13.9 Å². The maximum absolute atomic E-state index is 14.4. The molecular formula is C20H21BrFNO2. The topological polar surface area (TPSA) is 38.3 Å². The van der Waals surface area contributed by atoms with Gasteiger partial charge in [-0.2, -0.15) is 0 Å². The molecule has 3 rings (SSSR count). The Labute approximate surface area is 155 Å². The molecule has 1 aliphatic rings. The number of nitrogens with one attached hydrogen (secondary N) is 1. The fourth-order valence-corrected chi connectivity index (χ4v) is 3.78. The lowest BCUT2D eigenvalue weighted by Gasteiger charge is -2.41. The van der Waals surface area contributed by atoms with E-state index in [9.17, 15) is 9.18 Å². The van der Waals surface area contributed by atoms with Crippen LogP contribution in [0.1, 0.15) is 48.3 Å². The van der Waals surface area contributed by atoms with Crippen molar-refractivity contribution in [1.82, 2.24) is 0 Å². The van der Waals surface area contributed by atoms with E-state index in [1.165, 1.54) is 6.07 Å². The first-order valence-electron chi connectivity index (χ1n) is 8.33. The second kappa shape index (κ2) is 6.79. The lowest BCUT2D eigenvalue weighted by atomic mass is 9.72. The number of fused-ring (bicyclic) bond motifs is 1. The molecule has 3 nitrogen and oxygen atoms in total. The van der Waals surface area contributed by atoms with Gasteiger partial charge in [0.15, 0.2) is 0 Å². The summed E-state index contributed by atoms with van der Waals surface area (Å²) in [6.45, 7) is 6.35. The van der Waals surface area contributed by atoms with E-state index >= 15 is 0 Å². The normalized spacial score (nSPS) is 18.2. The number of esters is 1. The van der Waals surface area contributed by atoms with Crippen LogP contribution in [0, 0.1) is 11.2 Å². The summed E-state index contributed by atoms with van der Waals surface area (Å²) in [5.41, 5.74) is 2.94. The second-order valence-corrected chi connectivity index (χ2v) is 7.92. The zero-order valence-electron chi connectivity index (χ0n) is 14.5. The quantitative estimate of drug-likeness (QED) is 0.684. The van der Waals surface area contributed by atoms with E-state index in [1.54, 1.807) is 19.1 Å². The van der Waals surface area contributed by atoms with Gasteiger partial charge in [-0.1, -0.05) is 29.8 Å². The number of anilines is 1. The third-order valence-electron chi connectivity index (χ3n) is 4.61. The minimum atomic E-state index is -0.316. The minimum Gasteiger partial charge on any atom is -0.462 e. The van der Waals surface area contributed by atoms with Gasteiger partial charge in [0.25, 0.3) is 0 Å². The maximum atomic E-state index is 14.4. The van der Waals surface area contributed by atoms with Crippen molar-refractivity contribution in [3.8, 4) is 0 Å². The number of rotatable bonds is 3. The third-order valence-corrected chi connectivity index (χ3v) is 5.11. The number of carbonyl (C=O) groups excluding carboxylic acids is 1. The first kappa shape index (κ1) is 17.9. The van der Waals surface area contributed by atoms with E-state index in [2.05, 4.69) is 35.1 Å². The van der Waals surface area contributed by atoms with E-state index in [1.807, 2.05) is 18.2 Å². The molecule has 2 aromatic rings. The Hall–Kier alpha value is -1.88. The van der Waals surface area contributed by atoms with Crippen molar-refractivity contribution in [2.45, 2.75) is 33.2 Å². The van der Waals surface area contributed by atoms with Gasteiger partial charge in [-0.25, -0.2) is 9.18 Å². The predicted octanol–water partition coefficient (Wildman–Crippen LogP) is 5.50. The number of hydrogen-bond donors (Lipinski definition) is 1. The minimum absolute atomic E-state index is 0.161. The lowest BCUT2D eigenvalue weighted by Crippen LogP contribution is -2.35.